The molecule has 0 bridgehead atoms. The quantitative estimate of drug-likeness (QED) is 0.666. The number of thioether (sulfide) groups is 1. The van der Waals surface area contributed by atoms with Gasteiger partial charge in [0.1, 0.15) is 0 Å². The van der Waals surface area contributed by atoms with Crippen LogP contribution in [0, 0.1) is 0 Å². The Morgan fingerprint density at radius 2 is 2.20 bits per heavy atom. The predicted molar refractivity (Wildman–Crippen MR) is 67.5 cm³/mol. The molecule has 0 saturated heterocycles. The Labute approximate surface area is 98.2 Å². The first kappa shape index (κ1) is 14.9. The van der Waals surface area contributed by atoms with Crippen molar-refractivity contribution in [3.63, 3.8) is 0 Å². The molecular weight excluding hydrogens is 232 g/mol. The van der Waals surface area contributed by atoms with Gasteiger partial charge in [0.2, 0.25) is 5.91 Å². The van der Waals surface area contributed by atoms with Gasteiger partial charge in [0, 0.05) is 28.9 Å². The van der Waals surface area contributed by atoms with Gasteiger partial charge in [0.05, 0.1) is 6.04 Å². The fourth-order valence-corrected chi connectivity index (χ4v) is 2.40. The van der Waals surface area contributed by atoms with E-state index in [4.69, 9.17) is 5.73 Å². The van der Waals surface area contributed by atoms with Crippen molar-refractivity contribution in [2.75, 3.05) is 24.0 Å². The van der Waals surface area contributed by atoms with Crippen LogP contribution in [-0.4, -0.2) is 46.2 Å². The summed E-state index contributed by atoms with van der Waals surface area (Å²) in [5, 5.41) is 2.75. The van der Waals surface area contributed by atoms with Gasteiger partial charge in [-0.3, -0.25) is 9.00 Å². The molecule has 1 amide bonds. The minimum Gasteiger partial charge on any atom is -0.351 e. The average molecular weight is 252 g/mol. The van der Waals surface area contributed by atoms with E-state index in [1.165, 1.54) is 0 Å². The first-order valence-electron chi connectivity index (χ1n) is 4.82. The van der Waals surface area contributed by atoms with Crippen LogP contribution in [0.1, 0.15) is 13.3 Å². The summed E-state index contributed by atoms with van der Waals surface area (Å²) in [6.07, 6.45) is 4.28. The van der Waals surface area contributed by atoms with Crippen molar-refractivity contribution in [1.29, 1.82) is 0 Å². The number of rotatable bonds is 7. The number of carbonyl (C=O) groups excluding carboxylic acids is 1. The third kappa shape index (κ3) is 7.81. The van der Waals surface area contributed by atoms with Crippen molar-refractivity contribution in [2.45, 2.75) is 25.4 Å². The molecule has 0 saturated carbocycles. The maximum atomic E-state index is 11.5. The fraction of sp³-hybridized carbons (Fsp3) is 0.889. The summed E-state index contributed by atoms with van der Waals surface area (Å²) in [7, 11) is -0.890. The summed E-state index contributed by atoms with van der Waals surface area (Å²) in [6.45, 7) is 1.83. The average Bonchev–Trinajstić information content (AvgIpc) is 2.12. The Hall–Kier alpha value is -0.0700. The van der Waals surface area contributed by atoms with E-state index in [2.05, 4.69) is 5.32 Å². The molecule has 2 unspecified atom stereocenters. The second-order valence-electron chi connectivity index (χ2n) is 3.54. The van der Waals surface area contributed by atoms with Crippen LogP contribution in [0.15, 0.2) is 0 Å². The summed E-state index contributed by atoms with van der Waals surface area (Å²) in [4.78, 5) is 11.5. The second kappa shape index (κ2) is 8.13. The molecule has 90 valence electrons. The monoisotopic (exact) mass is 252 g/mol. The molecule has 0 aromatic carbocycles. The summed E-state index contributed by atoms with van der Waals surface area (Å²) in [5.74, 6) is 1.20. The summed E-state index contributed by atoms with van der Waals surface area (Å²) < 4.78 is 10.9. The van der Waals surface area contributed by atoms with Crippen LogP contribution in [0.3, 0.4) is 0 Å². The standard InChI is InChI=1S/C9H20N2O2S2/c1-7(6-15(3)13)11-9(12)8(10)4-5-14-2/h7-8H,4-6,10H2,1-3H3,(H,11,12)/t7?,8-,15?/m0/s1. The van der Waals surface area contributed by atoms with E-state index in [1.807, 2.05) is 13.2 Å². The lowest BCUT2D eigenvalue weighted by Gasteiger charge is -2.16. The lowest BCUT2D eigenvalue weighted by Crippen LogP contribution is -2.46. The van der Waals surface area contributed by atoms with E-state index in [0.717, 1.165) is 5.75 Å². The van der Waals surface area contributed by atoms with Crippen LogP contribution < -0.4 is 11.1 Å². The predicted octanol–water partition coefficient (Wildman–Crippen LogP) is -0.0500. The Balaban J connectivity index is 3.85. The van der Waals surface area contributed by atoms with Crippen LogP contribution in [0.2, 0.25) is 0 Å². The molecule has 0 spiro atoms. The van der Waals surface area contributed by atoms with E-state index in [0.29, 0.717) is 12.2 Å². The van der Waals surface area contributed by atoms with Gasteiger partial charge < -0.3 is 11.1 Å². The van der Waals surface area contributed by atoms with Crippen LogP contribution in [-0.2, 0) is 15.6 Å². The smallest absolute Gasteiger partial charge is 0.237 e. The molecule has 0 rings (SSSR count). The molecule has 4 nitrogen and oxygen atoms in total. The number of hydrogen-bond donors (Lipinski definition) is 2. The highest BCUT2D eigenvalue weighted by molar-refractivity contribution is 7.98. The lowest BCUT2D eigenvalue weighted by molar-refractivity contribution is -0.122. The van der Waals surface area contributed by atoms with Gasteiger partial charge in [0.15, 0.2) is 0 Å². The van der Waals surface area contributed by atoms with Crippen LogP contribution in [0.25, 0.3) is 0 Å². The van der Waals surface area contributed by atoms with Gasteiger partial charge in [-0.2, -0.15) is 11.8 Å². The van der Waals surface area contributed by atoms with Crippen LogP contribution >= 0.6 is 11.8 Å². The van der Waals surface area contributed by atoms with E-state index < -0.39 is 16.8 Å². The molecule has 0 aliphatic heterocycles. The molecular formula is C9H20N2O2S2. The zero-order chi connectivity index (χ0) is 11.8. The molecule has 3 atom stereocenters. The molecule has 3 N–H and O–H groups in total. The number of amides is 1. The van der Waals surface area contributed by atoms with Crippen molar-refractivity contribution in [2.24, 2.45) is 5.73 Å². The molecule has 0 aliphatic rings. The maximum Gasteiger partial charge on any atom is 0.237 e. The fourth-order valence-electron chi connectivity index (χ4n) is 1.12. The third-order valence-corrected chi connectivity index (χ3v) is 3.46. The van der Waals surface area contributed by atoms with Crippen molar-refractivity contribution in [1.82, 2.24) is 5.32 Å². The Bertz CT molecular complexity index is 224. The highest BCUT2D eigenvalue weighted by Crippen LogP contribution is 1.99. The van der Waals surface area contributed by atoms with Gasteiger partial charge in [-0.1, -0.05) is 0 Å². The number of carbonyl (C=O) groups is 1. The van der Waals surface area contributed by atoms with Gasteiger partial charge in [0.25, 0.3) is 0 Å². The third-order valence-electron chi connectivity index (χ3n) is 1.84. The Morgan fingerprint density at radius 3 is 2.67 bits per heavy atom. The van der Waals surface area contributed by atoms with E-state index in [9.17, 15) is 9.00 Å². The minimum absolute atomic E-state index is 0.0799. The molecule has 0 aliphatic carbocycles. The number of nitrogens with one attached hydrogen (secondary N) is 1. The van der Waals surface area contributed by atoms with E-state index in [-0.39, 0.29) is 11.9 Å². The van der Waals surface area contributed by atoms with Gasteiger partial charge in [-0.05, 0) is 25.4 Å². The largest absolute Gasteiger partial charge is 0.351 e. The van der Waals surface area contributed by atoms with E-state index >= 15 is 0 Å². The number of nitrogens with two attached hydrogens (primary N) is 1. The van der Waals surface area contributed by atoms with Crippen molar-refractivity contribution in [3.8, 4) is 0 Å². The highest BCUT2D eigenvalue weighted by atomic mass is 32.2. The molecule has 0 aromatic rings. The first-order chi connectivity index (χ1) is 6.97. The zero-order valence-electron chi connectivity index (χ0n) is 9.49. The summed E-state index contributed by atoms with van der Waals surface area (Å²) in [6, 6.07) is -0.533. The molecule has 0 radical (unpaired) electrons. The second-order valence-corrected chi connectivity index (χ2v) is 6.00. The molecule has 0 aromatic heterocycles. The summed E-state index contributed by atoms with van der Waals surface area (Å²) in [5.41, 5.74) is 5.68. The van der Waals surface area contributed by atoms with Crippen LogP contribution in [0.5, 0.6) is 0 Å². The van der Waals surface area contributed by atoms with Crippen LogP contribution in [0.4, 0.5) is 0 Å². The number of hydrogen-bond acceptors (Lipinski definition) is 4. The zero-order valence-corrected chi connectivity index (χ0v) is 11.1. The molecule has 15 heavy (non-hydrogen) atoms. The van der Waals surface area contributed by atoms with Gasteiger partial charge in [-0.25, -0.2) is 0 Å². The van der Waals surface area contributed by atoms with Gasteiger partial charge in [-0.15, -0.1) is 0 Å². The Kier molecular flexibility index (Phi) is 8.09. The minimum atomic E-state index is -0.890. The van der Waals surface area contributed by atoms with Gasteiger partial charge >= 0.3 is 0 Å². The Morgan fingerprint density at radius 1 is 1.60 bits per heavy atom. The van der Waals surface area contributed by atoms with E-state index in [1.54, 1.807) is 18.0 Å². The van der Waals surface area contributed by atoms with Crippen molar-refractivity contribution >= 4 is 28.5 Å². The lowest BCUT2D eigenvalue weighted by atomic mass is 10.2. The maximum absolute atomic E-state index is 11.5. The normalized spacial score (nSPS) is 16.8. The topological polar surface area (TPSA) is 72.2 Å². The molecule has 0 heterocycles. The molecule has 0 fully saturated rings. The highest BCUT2D eigenvalue weighted by Gasteiger charge is 2.15. The summed E-state index contributed by atoms with van der Waals surface area (Å²) >= 11 is 1.67. The SMILES string of the molecule is CSCC[C@H](N)C(=O)NC(C)CS(C)=O. The van der Waals surface area contributed by atoms with Crippen molar-refractivity contribution < 1.29 is 9.00 Å². The van der Waals surface area contributed by atoms with Crippen molar-refractivity contribution in [3.05, 3.63) is 0 Å². The first-order valence-corrected chi connectivity index (χ1v) is 7.94. The molecule has 6 heteroatoms.